The Kier molecular flexibility index (Phi) is 4.62. The van der Waals surface area contributed by atoms with Gasteiger partial charge in [-0.1, -0.05) is 6.58 Å². The van der Waals surface area contributed by atoms with E-state index in [2.05, 4.69) is 6.58 Å². The summed E-state index contributed by atoms with van der Waals surface area (Å²) < 4.78 is 10.3. The summed E-state index contributed by atoms with van der Waals surface area (Å²) in [5.41, 5.74) is 0.274. The van der Waals surface area contributed by atoms with Gasteiger partial charge in [0.25, 0.3) is 0 Å². The normalized spacial score (nSPS) is 19.3. The molecule has 4 nitrogen and oxygen atoms in total. The maximum absolute atomic E-state index is 10.4. The third-order valence-electron chi connectivity index (χ3n) is 2.03. The van der Waals surface area contributed by atoms with Crippen molar-refractivity contribution >= 4 is 5.97 Å². The highest BCUT2D eigenvalue weighted by atomic mass is 16.6. The first-order valence-corrected chi connectivity index (χ1v) is 4.80. The highest BCUT2D eigenvalue weighted by Crippen LogP contribution is 2.09. The molecule has 0 saturated carbocycles. The summed E-state index contributed by atoms with van der Waals surface area (Å²) in [7, 11) is 0. The lowest BCUT2D eigenvalue weighted by Gasteiger charge is -2.02. The van der Waals surface area contributed by atoms with Crippen molar-refractivity contribution in [1.29, 1.82) is 0 Å². The number of ether oxygens (including phenoxy) is 2. The lowest BCUT2D eigenvalue weighted by Crippen LogP contribution is -2.03. The number of carbonyl (C=O) groups is 1. The van der Waals surface area contributed by atoms with Crippen LogP contribution in [0, 0.1) is 0 Å². The number of rotatable bonds is 8. The fraction of sp³-hybridized carbons (Fsp3) is 0.700. The van der Waals surface area contributed by atoms with E-state index in [1.165, 1.54) is 0 Å². The molecular formula is C10H16O4. The lowest BCUT2D eigenvalue weighted by atomic mass is 10.1. The molecule has 1 heterocycles. The van der Waals surface area contributed by atoms with Crippen LogP contribution in [0.1, 0.15) is 19.3 Å². The van der Waals surface area contributed by atoms with Gasteiger partial charge in [-0.3, -0.25) is 0 Å². The molecule has 14 heavy (non-hydrogen) atoms. The molecule has 1 fully saturated rings. The van der Waals surface area contributed by atoms with Crippen molar-refractivity contribution in [3.05, 3.63) is 12.2 Å². The van der Waals surface area contributed by atoms with Gasteiger partial charge < -0.3 is 14.6 Å². The van der Waals surface area contributed by atoms with Crippen molar-refractivity contribution in [2.75, 3.05) is 19.8 Å². The van der Waals surface area contributed by atoms with Crippen molar-refractivity contribution in [3.8, 4) is 0 Å². The van der Waals surface area contributed by atoms with Gasteiger partial charge >= 0.3 is 5.97 Å². The zero-order valence-corrected chi connectivity index (χ0v) is 8.20. The van der Waals surface area contributed by atoms with Gasteiger partial charge in [0.2, 0.25) is 0 Å². The summed E-state index contributed by atoms with van der Waals surface area (Å²) in [6.07, 6.45) is 2.54. The summed E-state index contributed by atoms with van der Waals surface area (Å²) in [5.74, 6) is -0.905. The van der Waals surface area contributed by atoms with Crippen LogP contribution in [0.5, 0.6) is 0 Å². The zero-order valence-electron chi connectivity index (χ0n) is 8.20. The maximum Gasteiger partial charge on any atom is 0.330 e. The highest BCUT2D eigenvalue weighted by Gasteiger charge is 2.21. The molecule has 0 aromatic heterocycles. The monoisotopic (exact) mass is 200 g/mol. The van der Waals surface area contributed by atoms with Gasteiger partial charge in [-0.05, 0) is 19.3 Å². The van der Waals surface area contributed by atoms with Crippen molar-refractivity contribution < 1.29 is 19.4 Å². The standard InChI is InChI=1S/C10H16O4/c1-8(10(11)12)4-2-3-5-13-6-9-7-14-9/h9H,1-7H2,(H,11,12). The SMILES string of the molecule is C=C(CCCCOCC1CO1)C(=O)O. The number of epoxide rings is 1. The van der Waals surface area contributed by atoms with E-state index in [1.807, 2.05) is 0 Å². The number of carboxylic acid groups (broad SMARTS) is 1. The predicted octanol–water partition coefficient (Wildman–Crippen LogP) is 1.21. The van der Waals surface area contributed by atoms with Crippen LogP contribution in [0.2, 0.25) is 0 Å². The van der Waals surface area contributed by atoms with Gasteiger partial charge in [0.1, 0.15) is 6.10 Å². The van der Waals surface area contributed by atoms with E-state index in [0.717, 1.165) is 19.4 Å². The predicted molar refractivity (Wildman–Crippen MR) is 51.2 cm³/mol. The average Bonchev–Trinajstić information content (AvgIpc) is 2.94. The molecule has 0 spiro atoms. The van der Waals surface area contributed by atoms with Crippen LogP contribution in [-0.4, -0.2) is 37.0 Å². The Labute approximate surface area is 83.5 Å². The fourth-order valence-electron chi connectivity index (χ4n) is 1.03. The molecule has 1 atom stereocenters. The van der Waals surface area contributed by atoms with Crippen molar-refractivity contribution in [1.82, 2.24) is 0 Å². The molecule has 0 aromatic rings. The molecule has 80 valence electrons. The molecule has 0 aliphatic carbocycles. The van der Waals surface area contributed by atoms with Crippen molar-refractivity contribution in [3.63, 3.8) is 0 Å². The van der Waals surface area contributed by atoms with Crippen LogP contribution in [0.3, 0.4) is 0 Å². The van der Waals surface area contributed by atoms with E-state index in [4.69, 9.17) is 14.6 Å². The largest absolute Gasteiger partial charge is 0.478 e. The molecule has 1 aliphatic heterocycles. The van der Waals surface area contributed by atoms with E-state index >= 15 is 0 Å². The molecule has 1 N–H and O–H groups in total. The summed E-state index contributed by atoms with van der Waals surface area (Å²) in [6, 6.07) is 0. The Morgan fingerprint density at radius 3 is 2.86 bits per heavy atom. The molecule has 0 bridgehead atoms. The first-order chi connectivity index (χ1) is 6.70. The first-order valence-electron chi connectivity index (χ1n) is 4.80. The molecule has 4 heteroatoms. The minimum atomic E-state index is -0.905. The molecule has 0 aromatic carbocycles. The van der Waals surface area contributed by atoms with Gasteiger partial charge in [-0.25, -0.2) is 4.79 Å². The summed E-state index contributed by atoms with van der Waals surface area (Å²) in [4.78, 5) is 10.4. The summed E-state index contributed by atoms with van der Waals surface area (Å²) in [5, 5.41) is 8.52. The van der Waals surface area contributed by atoms with Gasteiger partial charge in [-0.2, -0.15) is 0 Å². The van der Waals surface area contributed by atoms with Crippen molar-refractivity contribution in [2.24, 2.45) is 0 Å². The van der Waals surface area contributed by atoms with Crippen LogP contribution in [0.25, 0.3) is 0 Å². The third kappa shape index (κ3) is 4.99. The smallest absolute Gasteiger partial charge is 0.330 e. The molecular weight excluding hydrogens is 184 g/mol. The van der Waals surface area contributed by atoms with Crippen LogP contribution < -0.4 is 0 Å². The second kappa shape index (κ2) is 5.78. The Morgan fingerprint density at radius 2 is 2.29 bits per heavy atom. The van der Waals surface area contributed by atoms with E-state index in [9.17, 15) is 4.79 Å². The second-order valence-corrected chi connectivity index (χ2v) is 3.40. The summed E-state index contributed by atoms with van der Waals surface area (Å²) >= 11 is 0. The van der Waals surface area contributed by atoms with E-state index < -0.39 is 5.97 Å². The van der Waals surface area contributed by atoms with E-state index in [1.54, 1.807) is 0 Å². The molecule has 1 saturated heterocycles. The number of carboxylic acids is 1. The molecule has 0 radical (unpaired) electrons. The molecule has 1 rings (SSSR count). The van der Waals surface area contributed by atoms with Gasteiger partial charge in [-0.15, -0.1) is 0 Å². The van der Waals surface area contributed by atoms with Gasteiger partial charge in [0.15, 0.2) is 0 Å². The number of unbranched alkanes of at least 4 members (excludes halogenated alkanes) is 1. The highest BCUT2D eigenvalue weighted by molar-refractivity contribution is 5.85. The van der Waals surface area contributed by atoms with Crippen molar-refractivity contribution in [2.45, 2.75) is 25.4 Å². The van der Waals surface area contributed by atoms with Gasteiger partial charge in [0, 0.05) is 12.2 Å². The fourth-order valence-corrected chi connectivity index (χ4v) is 1.03. The zero-order chi connectivity index (χ0) is 10.4. The van der Waals surface area contributed by atoms with Crippen LogP contribution in [0.15, 0.2) is 12.2 Å². The van der Waals surface area contributed by atoms with Crippen LogP contribution >= 0.6 is 0 Å². The Morgan fingerprint density at radius 1 is 1.57 bits per heavy atom. The number of hydrogen-bond acceptors (Lipinski definition) is 3. The topological polar surface area (TPSA) is 59.1 Å². The number of aliphatic carboxylic acids is 1. The Bertz CT molecular complexity index is 208. The maximum atomic E-state index is 10.4. The Balaban J connectivity index is 1.83. The average molecular weight is 200 g/mol. The third-order valence-corrected chi connectivity index (χ3v) is 2.03. The van der Waals surface area contributed by atoms with Crippen LogP contribution in [0.4, 0.5) is 0 Å². The van der Waals surface area contributed by atoms with E-state index in [-0.39, 0.29) is 5.57 Å². The summed E-state index contributed by atoms with van der Waals surface area (Å²) in [6.45, 7) is 5.61. The van der Waals surface area contributed by atoms with Crippen LogP contribution in [-0.2, 0) is 14.3 Å². The minimum Gasteiger partial charge on any atom is -0.478 e. The lowest BCUT2D eigenvalue weighted by molar-refractivity contribution is -0.132. The first kappa shape index (κ1) is 11.2. The second-order valence-electron chi connectivity index (χ2n) is 3.40. The van der Waals surface area contributed by atoms with E-state index in [0.29, 0.717) is 25.7 Å². The Hall–Kier alpha value is -0.870. The number of hydrogen-bond donors (Lipinski definition) is 1. The minimum absolute atomic E-state index is 0.274. The molecule has 1 aliphatic rings. The van der Waals surface area contributed by atoms with Gasteiger partial charge in [0.05, 0.1) is 13.2 Å². The molecule has 0 amide bonds. The molecule has 1 unspecified atom stereocenters. The quantitative estimate of drug-likeness (QED) is 0.363.